The maximum Gasteiger partial charge on any atom is 0.242 e. The van der Waals surface area contributed by atoms with Gasteiger partial charge in [-0.1, -0.05) is 0 Å². The molecule has 6 heteroatoms. The summed E-state index contributed by atoms with van der Waals surface area (Å²) < 4.78 is 18.5. The van der Waals surface area contributed by atoms with E-state index in [1.54, 1.807) is 13.2 Å². The number of aromatic nitrogens is 1. The van der Waals surface area contributed by atoms with E-state index in [0.717, 1.165) is 42.3 Å². The lowest BCUT2D eigenvalue weighted by atomic mass is 10.0. The molecule has 3 rings (SSSR count). The monoisotopic (exact) mass is 333 g/mol. The number of benzene rings is 1. The second kappa shape index (κ2) is 6.91. The smallest absolute Gasteiger partial charge is 0.242 e. The van der Waals surface area contributed by atoms with Gasteiger partial charge in [0.1, 0.15) is 11.9 Å². The zero-order valence-electron chi connectivity index (χ0n) is 14.1. The van der Waals surface area contributed by atoms with Gasteiger partial charge in [-0.25, -0.2) is 4.39 Å². The van der Waals surface area contributed by atoms with Gasteiger partial charge in [0.15, 0.2) is 0 Å². The van der Waals surface area contributed by atoms with E-state index in [-0.39, 0.29) is 23.9 Å². The molecule has 2 aromatic rings. The molecule has 1 aliphatic rings. The Morgan fingerprint density at radius 2 is 2.33 bits per heavy atom. The fourth-order valence-electron chi connectivity index (χ4n) is 3.46. The van der Waals surface area contributed by atoms with Crippen molar-refractivity contribution in [1.29, 1.82) is 0 Å². The molecular weight excluding hydrogens is 309 g/mol. The molecule has 1 fully saturated rings. The van der Waals surface area contributed by atoms with Gasteiger partial charge in [0.05, 0.1) is 6.10 Å². The standard InChI is InChI=1S/C18H24FN3O2/c1-11(24-2)17(20)18(23)22-7-3-4-14(22)8-12-10-21-16-9-13(19)5-6-15(12)16/h5-6,9-11,14,17,21H,3-4,7-8,20H2,1-2H3. The van der Waals surface area contributed by atoms with Crippen LogP contribution in [0.5, 0.6) is 0 Å². The number of likely N-dealkylation sites (tertiary alicyclic amines) is 1. The van der Waals surface area contributed by atoms with Crippen LogP contribution in [0.3, 0.4) is 0 Å². The molecule has 3 N–H and O–H groups in total. The Labute approximate surface area is 141 Å². The number of fused-ring (bicyclic) bond motifs is 1. The number of ether oxygens (including phenoxy) is 1. The summed E-state index contributed by atoms with van der Waals surface area (Å²) in [4.78, 5) is 17.6. The van der Waals surface area contributed by atoms with E-state index in [1.807, 2.05) is 18.0 Å². The molecule has 3 atom stereocenters. The van der Waals surface area contributed by atoms with Crippen molar-refractivity contribution in [1.82, 2.24) is 9.88 Å². The fraction of sp³-hybridized carbons (Fsp3) is 0.500. The van der Waals surface area contributed by atoms with Crippen LogP contribution >= 0.6 is 0 Å². The van der Waals surface area contributed by atoms with Crippen molar-refractivity contribution in [3.63, 3.8) is 0 Å². The summed E-state index contributed by atoms with van der Waals surface area (Å²) in [5.41, 5.74) is 7.91. The first-order valence-electron chi connectivity index (χ1n) is 8.35. The molecule has 0 aliphatic carbocycles. The molecule has 0 saturated carbocycles. The Hall–Kier alpha value is -1.92. The Morgan fingerprint density at radius 3 is 3.08 bits per heavy atom. The van der Waals surface area contributed by atoms with E-state index in [2.05, 4.69) is 4.98 Å². The van der Waals surface area contributed by atoms with Gasteiger partial charge in [-0.15, -0.1) is 0 Å². The predicted octanol–water partition coefficient (Wildman–Crippen LogP) is 2.20. The average Bonchev–Trinajstić information content (AvgIpc) is 3.20. The maximum atomic E-state index is 13.3. The van der Waals surface area contributed by atoms with Gasteiger partial charge in [0.25, 0.3) is 0 Å². The van der Waals surface area contributed by atoms with Crippen LogP contribution in [0.1, 0.15) is 25.3 Å². The van der Waals surface area contributed by atoms with Gasteiger partial charge in [-0.2, -0.15) is 0 Å². The zero-order chi connectivity index (χ0) is 17.3. The molecular formula is C18H24FN3O2. The first-order chi connectivity index (χ1) is 11.5. The molecule has 1 saturated heterocycles. The SMILES string of the molecule is COC(C)C(N)C(=O)N1CCCC1Cc1c[nH]c2cc(F)ccc12. The van der Waals surface area contributed by atoms with E-state index in [0.29, 0.717) is 0 Å². The van der Waals surface area contributed by atoms with Gasteiger partial charge >= 0.3 is 0 Å². The van der Waals surface area contributed by atoms with Crippen LogP contribution in [0.25, 0.3) is 10.9 Å². The summed E-state index contributed by atoms with van der Waals surface area (Å²) >= 11 is 0. The highest BCUT2D eigenvalue weighted by Crippen LogP contribution is 2.26. The number of carbonyl (C=O) groups excluding carboxylic acids is 1. The molecule has 130 valence electrons. The number of nitrogens with one attached hydrogen (secondary N) is 1. The Balaban J connectivity index is 1.77. The summed E-state index contributed by atoms with van der Waals surface area (Å²) in [6, 6.07) is 4.22. The number of H-pyrrole nitrogens is 1. The topological polar surface area (TPSA) is 71.3 Å². The van der Waals surface area contributed by atoms with Gasteiger partial charge in [-0.3, -0.25) is 4.79 Å². The molecule has 2 heterocycles. The average molecular weight is 333 g/mol. The zero-order valence-corrected chi connectivity index (χ0v) is 14.1. The van der Waals surface area contributed by atoms with Gasteiger partial charge in [-0.05, 0) is 49.9 Å². The lowest BCUT2D eigenvalue weighted by Crippen LogP contribution is -2.51. The van der Waals surface area contributed by atoms with Gasteiger partial charge < -0.3 is 20.4 Å². The summed E-state index contributed by atoms with van der Waals surface area (Å²) in [7, 11) is 1.56. The number of rotatable bonds is 5. The lowest BCUT2D eigenvalue weighted by Gasteiger charge is -2.29. The van der Waals surface area contributed by atoms with E-state index in [4.69, 9.17) is 10.5 Å². The summed E-state index contributed by atoms with van der Waals surface area (Å²) in [6.07, 6.45) is 4.26. The molecule has 5 nitrogen and oxygen atoms in total. The largest absolute Gasteiger partial charge is 0.380 e. The molecule has 3 unspecified atom stereocenters. The molecule has 1 aromatic carbocycles. The van der Waals surface area contributed by atoms with Crippen molar-refractivity contribution in [2.45, 2.75) is 44.4 Å². The minimum absolute atomic E-state index is 0.0577. The number of nitrogens with zero attached hydrogens (tertiary/aromatic N) is 1. The lowest BCUT2D eigenvalue weighted by molar-refractivity contribution is -0.136. The molecule has 0 spiro atoms. The van der Waals surface area contributed by atoms with Crippen molar-refractivity contribution < 1.29 is 13.9 Å². The Morgan fingerprint density at radius 1 is 1.54 bits per heavy atom. The first kappa shape index (κ1) is 16.9. The van der Waals surface area contributed by atoms with E-state index in [9.17, 15) is 9.18 Å². The third kappa shape index (κ3) is 3.16. The van der Waals surface area contributed by atoms with Crippen LogP contribution in [0.2, 0.25) is 0 Å². The third-order valence-electron chi connectivity index (χ3n) is 5.01. The van der Waals surface area contributed by atoms with Crippen LogP contribution in [-0.2, 0) is 16.0 Å². The summed E-state index contributed by atoms with van der Waals surface area (Å²) in [6.45, 7) is 2.53. The minimum Gasteiger partial charge on any atom is -0.380 e. The number of methoxy groups -OCH3 is 1. The quantitative estimate of drug-likeness (QED) is 0.881. The minimum atomic E-state index is -0.646. The highest BCUT2D eigenvalue weighted by atomic mass is 19.1. The van der Waals surface area contributed by atoms with Crippen LogP contribution < -0.4 is 5.73 Å². The molecule has 1 aromatic heterocycles. The van der Waals surface area contributed by atoms with Gasteiger partial charge in [0, 0.05) is 36.8 Å². The second-order valence-corrected chi connectivity index (χ2v) is 6.50. The van der Waals surface area contributed by atoms with Crippen molar-refractivity contribution in [3.05, 3.63) is 35.8 Å². The predicted molar refractivity (Wildman–Crippen MR) is 91.1 cm³/mol. The normalized spacial score (nSPS) is 20.5. The molecule has 1 amide bonds. The summed E-state index contributed by atoms with van der Waals surface area (Å²) in [5, 5.41) is 1.00. The summed E-state index contributed by atoms with van der Waals surface area (Å²) in [5.74, 6) is -0.314. The first-order valence-corrected chi connectivity index (χ1v) is 8.35. The van der Waals surface area contributed by atoms with Crippen LogP contribution in [0, 0.1) is 5.82 Å². The third-order valence-corrected chi connectivity index (χ3v) is 5.01. The molecule has 0 bridgehead atoms. The number of aromatic amines is 1. The van der Waals surface area contributed by atoms with Crippen molar-refractivity contribution >= 4 is 16.8 Å². The Kier molecular flexibility index (Phi) is 4.87. The van der Waals surface area contributed by atoms with E-state index in [1.165, 1.54) is 12.1 Å². The second-order valence-electron chi connectivity index (χ2n) is 6.50. The Bertz CT molecular complexity index is 730. The van der Waals surface area contributed by atoms with E-state index >= 15 is 0 Å². The van der Waals surface area contributed by atoms with Crippen LogP contribution in [0.15, 0.2) is 24.4 Å². The van der Waals surface area contributed by atoms with Crippen molar-refractivity contribution in [2.75, 3.05) is 13.7 Å². The highest BCUT2D eigenvalue weighted by molar-refractivity contribution is 5.84. The highest BCUT2D eigenvalue weighted by Gasteiger charge is 2.34. The number of amides is 1. The number of hydrogen-bond donors (Lipinski definition) is 2. The van der Waals surface area contributed by atoms with Crippen LogP contribution in [-0.4, -0.2) is 47.6 Å². The van der Waals surface area contributed by atoms with Crippen LogP contribution in [0.4, 0.5) is 4.39 Å². The van der Waals surface area contributed by atoms with Crippen molar-refractivity contribution in [2.24, 2.45) is 5.73 Å². The van der Waals surface area contributed by atoms with Gasteiger partial charge in [0.2, 0.25) is 5.91 Å². The number of carbonyl (C=O) groups is 1. The maximum absolute atomic E-state index is 13.3. The molecule has 1 aliphatic heterocycles. The van der Waals surface area contributed by atoms with Crippen molar-refractivity contribution in [3.8, 4) is 0 Å². The number of nitrogens with two attached hydrogens (primary N) is 1. The number of hydrogen-bond acceptors (Lipinski definition) is 3. The number of halogens is 1. The van der Waals surface area contributed by atoms with E-state index < -0.39 is 6.04 Å². The fourth-order valence-corrected chi connectivity index (χ4v) is 3.46. The molecule has 0 radical (unpaired) electrons. The molecule has 24 heavy (non-hydrogen) atoms.